The predicted molar refractivity (Wildman–Crippen MR) is 107 cm³/mol. The second-order valence-corrected chi connectivity index (χ2v) is 7.26. The molecule has 0 bridgehead atoms. The van der Waals surface area contributed by atoms with Gasteiger partial charge >= 0.3 is 0 Å². The van der Waals surface area contributed by atoms with E-state index in [1.54, 1.807) is 0 Å². The summed E-state index contributed by atoms with van der Waals surface area (Å²) in [4.78, 5) is 18.0. The highest BCUT2D eigenvalue weighted by Gasteiger charge is 2.23. The van der Waals surface area contributed by atoms with Crippen LogP contribution in [-0.2, 0) is 4.79 Å². The minimum absolute atomic E-state index is 0.0705. The van der Waals surface area contributed by atoms with Crippen LogP contribution in [0.1, 0.15) is 29.9 Å². The Hall–Kier alpha value is -2.59. The molecule has 1 aromatic heterocycles. The molecule has 0 unspecified atom stereocenters. The van der Waals surface area contributed by atoms with Crippen molar-refractivity contribution in [2.45, 2.75) is 25.7 Å². The lowest BCUT2D eigenvalue weighted by Crippen LogP contribution is -2.38. The summed E-state index contributed by atoms with van der Waals surface area (Å²) in [5.74, 6) is 0.642. The van der Waals surface area contributed by atoms with Crippen molar-refractivity contribution >= 4 is 22.5 Å². The molecule has 1 aliphatic rings. The maximum absolute atomic E-state index is 12.3. The van der Waals surface area contributed by atoms with E-state index in [1.807, 2.05) is 31.2 Å². The second-order valence-electron chi connectivity index (χ2n) is 7.26. The summed E-state index contributed by atoms with van der Waals surface area (Å²) >= 11 is 0. The van der Waals surface area contributed by atoms with E-state index in [-0.39, 0.29) is 5.91 Å². The van der Waals surface area contributed by atoms with Crippen molar-refractivity contribution in [2.75, 3.05) is 25.0 Å². The number of benzene rings is 2. The van der Waals surface area contributed by atoms with Crippen LogP contribution in [0.2, 0.25) is 0 Å². The number of rotatable bonds is 4. The topological polar surface area (TPSA) is 48.1 Å². The van der Waals surface area contributed by atoms with Gasteiger partial charge in [-0.1, -0.05) is 30.3 Å². The summed E-state index contributed by atoms with van der Waals surface area (Å²) < 4.78 is 0. The number of aromatic nitrogens is 1. The first-order valence-corrected chi connectivity index (χ1v) is 9.34. The zero-order chi connectivity index (χ0) is 17.9. The van der Waals surface area contributed by atoms with Crippen LogP contribution >= 0.6 is 0 Å². The van der Waals surface area contributed by atoms with Crippen LogP contribution < -0.4 is 5.32 Å². The Balaban J connectivity index is 1.33. The Morgan fingerprint density at radius 2 is 1.96 bits per heavy atom. The van der Waals surface area contributed by atoms with Gasteiger partial charge in [-0.3, -0.25) is 9.69 Å². The Morgan fingerprint density at radius 3 is 2.77 bits per heavy atom. The number of aryl methyl sites for hydroxylation is 1. The van der Waals surface area contributed by atoms with Gasteiger partial charge in [0.1, 0.15) is 0 Å². The quantitative estimate of drug-likeness (QED) is 0.739. The minimum Gasteiger partial charge on any atom is -0.361 e. The number of anilines is 1. The number of H-pyrrole nitrogens is 1. The molecule has 0 aliphatic carbocycles. The van der Waals surface area contributed by atoms with Gasteiger partial charge < -0.3 is 10.3 Å². The summed E-state index contributed by atoms with van der Waals surface area (Å²) in [5, 5.41) is 4.34. The molecule has 0 saturated carbocycles. The molecule has 2 aromatic carbocycles. The van der Waals surface area contributed by atoms with E-state index >= 15 is 0 Å². The van der Waals surface area contributed by atoms with Crippen LogP contribution in [0.5, 0.6) is 0 Å². The number of carbonyl (C=O) groups is 1. The molecule has 0 atom stereocenters. The van der Waals surface area contributed by atoms with Crippen LogP contribution in [0, 0.1) is 6.92 Å². The third-order valence-electron chi connectivity index (χ3n) is 5.32. The molecule has 134 valence electrons. The first-order valence-electron chi connectivity index (χ1n) is 9.34. The van der Waals surface area contributed by atoms with Crippen molar-refractivity contribution in [1.82, 2.24) is 9.88 Å². The molecule has 1 amide bonds. The number of amides is 1. The number of aromatic amines is 1. The molecule has 1 fully saturated rings. The third-order valence-corrected chi connectivity index (χ3v) is 5.32. The molecule has 1 aliphatic heterocycles. The smallest absolute Gasteiger partial charge is 0.238 e. The Morgan fingerprint density at radius 1 is 1.15 bits per heavy atom. The molecule has 26 heavy (non-hydrogen) atoms. The van der Waals surface area contributed by atoms with Crippen LogP contribution in [0.15, 0.2) is 54.7 Å². The van der Waals surface area contributed by atoms with Crippen molar-refractivity contribution in [3.8, 4) is 0 Å². The number of nitrogens with one attached hydrogen (secondary N) is 2. The summed E-state index contributed by atoms with van der Waals surface area (Å²) in [6, 6.07) is 16.4. The monoisotopic (exact) mass is 347 g/mol. The first kappa shape index (κ1) is 16.9. The standard InChI is InChI=1S/C22H25N3O/c1-16-5-4-6-18(13-16)24-22(26)15-25-11-9-17(10-12-25)20-14-23-21-8-3-2-7-19(20)21/h2-8,13-14,17,23H,9-12,15H2,1H3,(H,24,26). The van der Waals surface area contributed by atoms with Crippen molar-refractivity contribution in [3.05, 3.63) is 65.9 Å². The number of piperidine rings is 1. The first-order chi connectivity index (χ1) is 12.7. The Kier molecular flexibility index (Phi) is 4.76. The molecule has 1 saturated heterocycles. The van der Waals surface area contributed by atoms with E-state index in [0.717, 1.165) is 37.2 Å². The second kappa shape index (κ2) is 7.34. The number of para-hydroxylation sites is 1. The summed E-state index contributed by atoms with van der Waals surface area (Å²) in [6.07, 6.45) is 4.36. The SMILES string of the molecule is Cc1cccc(NC(=O)CN2CCC(c3c[nH]c4ccccc34)CC2)c1. The largest absolute Gasteiger partial charge is 0.361 e. The fourth-order valence-electron chi connectivity index (χ4n) is 3.96. The van der Waals surface area contributed by atoms with Crippen molar-refractivity contribution in [1.29, 1.82) is 0 Å². The third kappa shape index (κ3) is 3.65. The van der Waals surface area contributed by atoms with Gasteiger partial charge in [-0.15, -0.1) is 0 Å². The van der Waals surface area contributed by atoms with Gasteiger partial charge in [0, 0.05) is 22.8 Å². The maximum Gasteiger partial charge on any atom is 0.238 e. The average Bonchev–Trinajstić information content (AvgIpc) is 3.06. The number of carbonyl (C=O) groups excluding carboxylic acids is 1. The van der Waals surface area contributed by atoms with E-state index in [4.69, 9.17) is 0 Å². The number of hydrogen-bond donors (Lipinski definition) is 2. The van der Waals surface area contributed by atoms with Gasteiger partial charge in [-0.05, 0) is 68.1 Å². The number of hydrogen-bond acceptors (Lipinski definition) is 2. The van der Waals surface area contributed by atoms with Gasteiger partial charge in [-0.25, -0.2) is 0 Å². The molecule has 0 spiro atoms. The average molecular weight is 347 g/mol. The van der Waals surface area contributed by atoms with Gasteiger partial charge in [0.25, 0.3) is 0 Å². The molecule has 0 radical (unpaired) electrons. The highest BCUT2D eigenvalue weighted by atomic mass is 16.2. The van der Waals surface area contributed by atoms with E-state index in [9.17, 15) is 4.79 Å². The van der Waals surface area contributed by atoms with Crippen LogP contribution in [0.25, 0.3) is 10.9 Å². The zero-order valence-corrected chi connectivity index (χ0v) is 15.2. The van der Waals surface area contributed by atoms with Gasteiger partial charge in [0.05, 0.1) is 6.54 Å². The Bertz CT molecular complexity index is 906. The van der Waals surface area contributed by atoms with Crippen molar-refractivity contribution < 1.29 is 4.79 Å². The number of fused-ring (bicyclic) bond motifs is 1. The van der Waals surface area contributed by atoms with E-state index in [2.05, 4.69) is 45.7 Å². The number of likely N-dealkylation sites (tertiary alicyclic amines) is 1. The van der Waals surface area contributed by atoms with Crippen molar-refractivity contribution in [3.63, 3.8) is 0 Å². The Labute approximate surface area is 154 Å². The molecule has 3 aromatic rings. The molecular formula is C22H25N3O. The molecule has 4 nitrogen and oxygen atoms in total. The molecule has 2 heterocycles. The summed E-state index contributed by atoms with van der Waals surface area (Å²) in [7, 11) is 0. The summed E-state index contributed by atoms with van der Waals surface area (Å²) in [6.45, 7) is 4.43. The summed E-state index contributed by atoms with van der Waals surface area (Å²) in [5.41, 5.74) is 4.66. The molecule has 2 N–H and O–H groups in total. The van der Waals surface area contributed by atoms with Crippen LogP contribution in [0.3, 0.4) is 0 Å². The predicted octanol–water partition coefficient (Wildman–Crippen LogP) is 4.29. The van der Waals surface area contributed by atoms with Crippen LogP contribution in [-0.4, -0.2) is 35.4 Å². The lowest BCUT2D eigenvalue weighted by Gasteiger charge is -2.31. The normalized spacial score (nSPS) is 16.0. The lowest BCUT2D eigenvalue weighted by molar-refractivity contribution is -0.117. The molecular weight excluding hydrogens is 322 g/mol. The fraction of sp³-hybridized carbons (Fsp3) is 0.318. The van der Waals surface area contributed by atoms with E-state index in [0.29, 0.717) is 12.5 Å². The number of nitrogens with zero attached hydrogens (tertiary/aromatic N) is 1. The lowest BCUT2D eigenvalue weighted by atomic mass is 9.89. The van der Waals surface area contributed by atoms with Crippen LogP contribution in [0.4, 0.5) is 5.69 Å². The van der Waals surface area contributed by atoms with Gasteiger partial charge in [-0.2, -0.15) is 0 Å². The van der Waals surface area contributed by atoms with Gasteiger partial charge in [0.15, 0.2) is 0 Å². The zero-order valence-electron chi connectivity index (χ0n) is 15.2. The van der Waals surface area contributed by atoms with E-state index in [1.165, 1.54) is 16.5 Å². The molecule has 4 rings (SSSR count). The van der Waals surface area contributed by atoms with Gasteiger partial charge in [0.2, 0.25) is 5.91 Å². The highest BCUT2D eigenvalue weighted by molar-refractivity contribution is 5.92. The van der Waals surface area contributed by atoms with E-state index < -0.39 is 0 Å². The minimum atomic E-state index is 0.0705. The molecule has 4 heteroatoms. The fourth-order valence-corrected chi connectivity index (χ4v) is 3.96. The maximum atomic E-state index is 12.3. The highest BCUT2D eigenvalue weighted by Crippen LogP contribution is 2.32. The van der Waals surface area contributed by atoms with Crippen molar-refractivity contribution in [2.24, 2.45) is 0 Å².